The third kappa shape index (κ3) is 3.75. The van der Waals surface area contributed by atoms with Gasteiger partial charge in [0.1, 0.15) is 0 Å². The average Bonchev–Trinajstić information content (AvgIpc) is 3.02. The first-order valence-corrected chi connectivity index (χ1v) is 8.47. The number of hydrogen-bond acceptors (Lipinski definition) is 3. The van der Waals surface area contributed by atoms with Crippen LogP contribution in [0.15, 0.2) is 24.3 Å². The van der Waals surface area contributed by atoms with Crippen molar-refractivity contribution in [1.82, 2.24) is 15.1 Å². The van der Waals surface area contributed by atoms with E-state index in [2.05, 4.69) is 10.4 Å². The van der Waals surface area contributed by atoms with Crippen LogP contribution in [0.5, 0.6) is 0 Å². The smallest absolute Gasteiger partial charge is 0.383 e. The number of aromatic nitrogens is 2. The van der Waals surface area contributed by atoms with Crippen molar-refractivity contribution in [2.75, 3.05) is 20.3 Å². The molecule has 26 heavy (non-hydrogen) atoms. The number of hydrogen-bond donors (Lipinski definition) is 1. The van der Waals surface area contributed by atoms with Gasteiger partial charge in [0.05, 0.1) is 12.3 Å². The molecule has 0 aliphatic heterocycles. The number of nitrogens with one attached hydrogen (secondary N) is 1. The van der Waals surface area contributed by atoms with Gasteiger partial charge in [-0.25, -0.2) is 4.68 Å². The molecule has 1 N–H and O–H groups in total. The minimum absolute atomic E-state index is 0.257. The second kappa shape index (κ2) is 7.49. The summed E-state index contributed by atoms with van der Waals surface area (Å²) in [6, 6.07) is 6.41. The third-order valence-corrected chi connectivity index (χ3v) is 4.41. The second-order valence-corrected chi connectivity index (χ2v) is 6.19. The van der Waals surface area contributed by atoms with Crippen molar-refractivity contribution in [3.63, 3.8) is 0 Å². The van der Waals surface area contributed by atoms with Crippen LogP contribution in [0.1, 0.15) is 40.2 Å². The maximum absolute atomic E-state index is 13.3. The van der Waals surface area contributed by atoms with E-state index in [9.17, 15) is 18.0 Å². The summed E-state index contributed by atoms with van der Waals surface area (Å²) in [4.78, 5) is 12.0. The summed E-state index contributed by atoms with van der Waals surface area (Å²) in [5.74, 6) is -0.257. The Kier molecular flexibility index (Phi) is 5.31. The highest BCUT2D eigenvalue weighted by Gasteiger charge is 2.39. The summed E-state index contributed by atoms with van der Waals surface area (Å²) in [5.41, 5.74) is 1.06. The number of carbonyl (C=O) groups is 1. The summed E-state index contributed by atoms with van der Waals surface area (Å²) in [6.45, 7) is 0.794. The first-order chi connectivity index (χ1) is 12.4. The number of fused-ring (bicyclic) bond motifs is 1. The Bertz CT molecular complexity index is 782. The molecule has 0 spiro atoms. The van der Waals surface area contributed by atoms with E-state index >= 15 is 0 Å². The molecule has 1 heterocycles. The lowest BCUT2D eigenvalue weighted by atomic mass is 9.95. The van der Waals surface area contributed by atoms with Crippen LogP contribution in [-0.2, 0) is 23.8 Å². The molecule has 5 nitrogen and oxygen atoms in total. The Hall–Kier alpha value is -2.35. The number of alkyl halides is 3. The molecule has 1 aromatic heterocycles. The molecule has 140 valence electrons. The number of nitrogens with zero attached hydrogens (tertiary/aromatic N) is 2. The quantitative estimate of drug-likeness (QED) is 0.826. The predicted octanol–water partition coefficient (Wildman–Crippen LogP) is 3.15. The first-order valence-electron chi connectivity index (χ1n) is 8.47. The van der Waals surface area contributed by atoms with Crippen molar-refractivity contribution in [2.45, 2.75) is 31.9 Å². The van der Waals surface area contributed by atoms with E-state index < -0.39 is 11.9 Å². The number of carbonyl (C=O) groups excluding carboxylic acids is 1. The Morgan fingerprint density at radius 3 is 2.58 bits per heavy atom. The molecule has 1 aliphatic rings. The van der Waals surface area contributed by atoms with Crippen LogP contribution in [0.4, 0.5) is 13.2 Å². The van der Waals surface area contributed by atoms with Crippen LogP contribution in [0.2, 0.25) is 0 Å². The van der Waals surface area contributed by atoms with Gasteiger partial charge in [0.25, 0.3) is 5.91 Å². The lowest BCUT2D eigenvalue weighted by Gasteiger charge is -2.15. The van der Waals surface area contributed by atoms with E-state index in [4.69, 9.17) is 4.74 Å². The fraction of sp³-hybridized carbons (Fsp3) is 0.444. The Labute approximate surface area is 149 Å². The second-order valence-electron chi connectivity index (χ2n) is 6.19. The van der Waals surface area contributed by atoms with Crippen molar-refractivity contribution < 1.29 is 22.7 Å². The fourth-order valence-electron chi connectivity index (χ4n) is 3.16. The van der Waals surface area contributed by atoms with E-state index in [0.717, 1.165) is 12.8 Å². The Morgan fingerprint density at radius 2 is 1.92 bits per heavy atom. The normalized spacial score (nSPS) is 14.2. The van der Waals surface area contributed by atoms with Crippen LogP contribution in [0.3, 0.4) is 0 Å². The van der Waals surface area contributed by atoms with Crippen LogP contribution in [0.25, 0.3) is 5.69 Å². The van der Waals surface area contributed by atoms with Gasteiger partial charge in [0, 0.05) is 30.5 Å². The van der Waals surface area contributed by atoms with Gasteiger partial charge in [-0.2, -0.15) is 18.3 Å². The van der Waals surface area contributed by atoms with Crippen LogP contribution in [-0.4, -0.2) is 35.9 Å². The highest BCUT2D eigenvalue weighted by Crippen LogP contribution is 2.36. The van der Waals surface area contributed by atoms with Crippen LogP contribution in [0, 0.1) is 0 Å². The third-order valence-electron chi connectivity index (χ3n) is 4.41. The highest BCUT2D eigenvalue weighted by atomic mass is 19.4. The van der Waals surface area contributed by atoms with Crippen LogP contribution < -0.4 is 5.32 Å². The highest BCUT2D eigenvalue weighted by molar-refractivity contribution is 5.94. The average molecular weight is 367 g/mol. The molecule has 0 unspecified atom stereocenters. The van der Waals surface area contributed by atoms with Crippen molar-refractivity contribution in [3.05, 3.63) is 46.8 Å². The molecule has 0 saturated carbocycles. The zero-order valence-electron chi connectivity index (χ0n) is 14.4. The zero-order valence-corrected chi connectivity index (χ0v) is 14.4. The van der Waals surface area contributed by atoms with E-state index in [1.165, 1.54) is 4.68 Å². The number of benzene rings is 1. The van der Waals surface area contributed by atoms with Gasteiger partial charge in [0.2, 0.25) is 0 Å². The van der Waals surface area contributed by atoms with Gasteiger partial charge < -0.3 is 10.1 Å². The SMILES string of the molecule is COCCNC(=O)c1ccc(-n2nc(C(F)(F)F)c3c2CCCC3)cc1. The van der Waals surface area contributed by atoms with Gasteiger partial charge in [-0.1, -0.05) is 0 Å². The number of methoxy groups -OCH3 is 1. The molecule has 0 saturated heterocycles. The molecule has 1 aromatic carbocycles. The summed E-state index contributed by atoms with van der Waals surface area (Å²) in [7, 11) is 1.54. The molecular formula is C18H20F3N3O2. The lowest BCUT2D eigenvalue weighted by Crippen LogP contribution is -2.26. The molecule has 0 atom stereocenters. The summed E-state index contributed by atoms with van der Waals surface area (Å²) in [6.07, 6.45) is -1.92. The first kappa shape index (κ1) is 18.4. The van der Waals surface area contributed by atoms with Gasteiger partial charge in [-0.05, 0) is 49.9 Å². The maximum Gasteiger partial charge on any atom is 0.435 e. The molecule has 0 fully saturated rings. The van der Waals surface area contributed by atoms with E-state index in [0.29, 0.717) is 48.5 Å². The van der Waals surface area contributed by atoms with Crippen LogP contribution >= 0.6 is 0 Å². The topological polar surface area (TPSA) is 56.1 Å². The molecule has 0 bridgehead atoms. The van der Waals surface area contributed by atoms with Crippen molar-refractivity contribution in [2.24, 2.45) is 0 Å². The molecule has 0 radical (unpaired) electrons. The molecule has 1 amide bonds. The fourth-order valence-corrected chi connectivity index (χ4v) is 3.16. The van der Waals surface area contributed by atoms with Gasteiger partial charge >= 0.3 is 6.18 Å². The lowest BCUT2D eigenvalue weighted by molar-refractivity contribution is -0.142. The molecule has 2 aromatic rings. The Balaban J connectivity index is 1.88. The van der Waals surface area contributed by atoms with E-state index in [1.807, 2.05) is 0 Å². The number of halogens is 3. The monoisotopic (exact) mass is 367 g/mol. The number of ether oxygens (including phenoxy) is 1. The van der Waals surface area contributed by atoms with Gasteiger partial charge in [-0.15, -0.1) is 0 Å². The molecule has 1 aliphatic carbocycles. The predicted molar refractivity (Wildman–Crippen MR) is 89.4 cm³/mol. The number of rotatable bonds is 5. The summed E-state index contributed by atoms with van der Waals surface area (Å²) < 4.78 is 46.1. The van der Waals surface area contributed by atoms with E-state index in [-0.39, 0.29) is 5.91 Å². The summed E-state index contributed by atoms with van der Waals surface area (Å²) in [5, 5.41) is 6.54. The van der Waals surface area contributed by atoms with Crippen molar-refractivity contribution in [3.8, 4) is 5.69 Å². The minimum atomic E-state index is -4.46. The molecule has 8 heteroatoms. The van der Waals surface area contributed by atoms with Crippen molar-refractivity contribution >= 4 is 5.91 Å². The van der Waals surface area contributed by atoms with E-state index in [1.54, 1.807) is 31.4 Å². The minimum Gasteiger partial charge on any atom is -0.383 e. The largest absolute Gasteiger partial charge is 0.435 e. The zero-order chi connectivity index (χ0) is 18.7. The molecule has 3 rings (SSSR count). The van der Waals surface area contributed by atoms with Crippen molar-refractivity contribution in [1.29, 1.82) is 0 Å². The standard InChI is InChI=1S/C18H20F3N3O2/c1-26-11-10-22-17(25)12-6-8-13(9-7-12)24-15-5-3-2-4-14(15)16(23-24)18(19,20)21/h6-9H,2-5,10-11H2,1H3,(H,22,25). The van der Waals surface area contributed by atoms with Gasteiger partial charge in [0.15, 0.2) is 5.69 Å². The summed E-state index contributed by atoms with van der Waals surface area (Å²) >= 11 is 0. The van der Waals surface area contributed by atoms with Gasteiger partial charge in [-0.3, -0.25) is 4.79 Å². The Morgan fingerprint density at radius 1 is 1.23 bits per heavy atom. The maximum atomic E-state index is 13.3. The number of amides is 1. The molecular weight excluding hydrogens is 347 g/mol.